The van der Waals surface area contributed by atoms with Gasteiger partial charge >= 0.3 is 0 Å². The summed E-state index contributed by atoms with van der Waals surface area (Å²) in [4.78, 5) is 15.7. The molecule has 0 spiro atoms. The molecule has 2 fully saturated rings. The van der Waals surface area contributed by atoms with Crippen LogP contribution in [0, 0.1) is 23.1 Å². The number of nitrogens with zero attached hydrogens (tertiary/aromatic N) is 2. The molecular formula is C18H24FN4O+. The van der Waals surface area contributed by atoms with Crippen molar-refractivity contribution in [1.29, 1.82) is 5.26 Å². The average molecular weight is 331 g/mol. The molecule has 1 atom stereocenters. The van der Waals surface area contributed by atoms with Gasteiger partial charge in [0.25, 0.3) is 5.91 Å². The van der Waals surface area contributed by atoms with E-state index in [9.17, 15) is 14.4 Å². The molecule has 0 radical (unpaired) electrons. The van der Waals surface area contributed by atoms with Crippen LogP contribution in [0.3, 0.4) is 0 Å². The van der Waals surface area contributed by atoms with Gasteiger partial charge < -0.3 is 15.1 Å². The molecule has 1 heterocycles. The Balaban J connectivity index is 1.47. The third kappa shape index (κ3) is 3.85. The van der Waals surface area contributed by atoms with Gasteiger partial charge in [-0.3, -0.25) is 4.79 Å². The Bertz CT molecular complexity index is 629. The second kappa shape index (κ2) is 6.78. The minimum atomic E-state index is -0.716. The van der Waals surface area contributed by atoms with Crippen LogP contribution < -0.4 is 15.1 Å². The lowest BCUT2D eigenvalue weighted by Gasteiger charge is -2.34. The number of hydrogen-bond acceptors (Lipinski definition) is 3. The van der Waals surface area contributed by atoms with E-state index < -0.39 is 5.54 Å². The van der Waals surface area contributed by atoms with Gasteiger partial charge in [0, 0.05) is 5.69 Å². The maximum atomic E-state index is 13.0. The Morgan fingerprint density at radius 3 is 2.54 bits per heavy atom. The Morgan fingerprint density at radius 2 is 2.00 bits per heavy atom. The van der Waals surface area contributed by atoms with Crippen LogP contribution in [0.5, 0.6) is 0 Å². The van der Waals surface area contributed by atoms with Crippen molar-refractivity contribution >= 4 is 11.6 Å². The van der Waals surface area contributed by atoms with Crippen molar-refractivity contribution in [2.45, 2.75) is 25.3 Å². The molecule has 1 amide bonds. The van der Waals surface area contributed by atoms with E-state index in [0.717, 1.165) is 44.7 Å². The minimum Gasteiger partial charge on any atom is -0.360 e. The predicted molar refractivity (Wildman–Crippen MR) is 89.1 cm³/mol. The lowest BCUT2D eigenvalue weighted by atomic mass is 9.98. The molecule has 1 aromatic rings. The van der Waals surface area contributed by atoms with Crippen molar-refractivity contribution in [1.82, 2.24) is 5.32 Å². The summed E-state index contributed by atoms with van der Waals surface area (Å²) in [5.41, 5.74) is 0.303. The summed E-state index contributed by atoms with van der Waals surface area (Å²) in [6.07, 6.45) is 2.04. The molecule has 128 valence electrons. The number of benzene rings is 1. The van der Waals surface area contributed by atoms with Crippen LogP contribution in [0.2, 0.25) is 0 Å². The second-order valence-electron chi connectivity index (χ2n) is 7.03. The van der Waals surface area contributed by atoms with E-state index in [0.29, 0.717) is 12.5 Å². The lowest BCUT2D eigenvalue weighted by Crippen LogP contribution is -3.16. The lowest BCUT2D eigenvalue weighted by molar-refractivity contribution is -0.892. The number of carbonyl (C=O) groups excluding carboxylic acids is 1. The zero-order valence-corrected chi connectivity index (χ0v) is 14.0. The molecule has 1 aliphatic carbocycles. The van der Waals surface area contributed by atoms with Crippen molar-refractivity contribution in [3.05, 3.63) is 30.1 Å². The maximum absolute atomic E-state index is 13.0. The van der Waals surface area contributed by atoms with Crippen LogP contribution in [0.15, 0.2) is 24.3 Å². The molecule has 5 nitrogen and oxygen atoms in total. The molecule has 3 rings (SSSR count). The van der Waals surface area contributed by atoms with Crippen LogP contribution in [0.1, 0.15) is 19.8 Å². The summed E-state index contributed by atoms with van der Waals surface area (Å²) >= 11 is 0. The highest BCUT2D eigenvalue weighted by Crippen LogP contribution is 2.39. The molecule has 1 aromatic carbocycles. The standard InChI is InChI=1S/C18H23FN4O/c1-18(13-20,14-2-3-14)21-17(24)12-22-8-10-23(11-9-22)16-6-4-15(19)5-7-16/h4-7,14H,2-3,8-12H2,1H3,(H,21,24)/p+1/t18-/m1/s1. The molecular weight excluding hydrogens is 307 g/mol. The van der Waals surface area contributed by atoms with Gasteiger partial charge in [0.15, 0.2) is 6.54 Å². The van der Waals surface area contributed by atoms with Crippen molar-refractivity contribution in [2.24, 2.45) is 5.92 Å². The van der Waals surface area contributed by atoms with Crippen molar-refractivity contribution in [2.75, 3.05) is 37.6 Å². The van der Waals surface area contributed by atoms with E-state index in [2.05, 4.69) is 16.3 Å². The van der Waals surface area contributed by atoms with E-state index in [-0.39, 0.29) is 11.7 Å². The third-order valence-corrected chi connectivity index (χ3v) is 5.10. The topological polar surface area (TPSA) is 60.6 Å². The fourth-order valence-corrected chi connectivity index (χ4v) is 3.35. The van der Waals surface area contributed by atoms with Crippen LogP contribution in [0.4, 0.5) is 10.1 Å². The molecule has 0 bridgehead atoms. The monoisotopic (exact) mass is 331 g/mol. The van der Waals surface area contributed by atoms with Gasteiger partial charge in [-0.15, -0.1) is 0 Å². The summed E-state index contributed by atoms with van der Waals surface area (Å²) in [5.74, 6) is 0.0313. The summed E-state index contributed by atoms with van der Waals surface area (Å²) in [6, 6.07) is 8.80. The number of carbonyl (C=O) groups is 1. The first-order valence-corrected chi connectivity index (χ1v) is 8.56. The Hall–Kier alpha value is -2.13. The molecule has 6 heteroatoms. The van der Waals surface area contributed by atoms with Crippen LogP contribution in [0.25, 0.3) is 0 Å². The molecule has 1 saturated heterocycles. The van der Waals surface area contributed by atoms with Crippen LogP contribution in [-0.2, 0) is 4.79 Å². The summed E-state index contributed by atoms with van der Waals surface area (Å²) in [7, 11) is 0. The fraction of sp³-hybridized carbons (Fsp3) is 0.556. The number of rotatable bonds is 5. The molecule has 0 unspecified atom stereocenters. The molecule has 1 aliphatic heterocycles. The summed E-state index contributed by atoms with van der Waals surface area (Å²) in [5, 5.41) is 12.3. The smallest absolute Gasteiger partial charge is 0.276 e. The number of nitriles is 1. The molecule has 24 heavy (non-hydrogen) atoms. The summed E-state index contributed by atoms with van der Waals surface area (Å²) < 4.78 is 13.0. The first kappa shape index (κ1) is 16.7. The number of piperazine rings is 1. The number of amides is 1. The number of hydrogen-bond donors (Lipinski definition) is 2. The van der Waals surface area contributed by atoms with Crippen molar-refractivity contribution in [3.8, 4) is 6.07 Å². The van der Waals surface area contributed by atoms with Gasteiger partial charge in [-0.25, -0.2) is 4.39 Å². The van der Waals surface area contributed by atoms with E-state index in [1.54, 1.807) is 12.1 Å². The average Bonchev–Trinajstić information content (AvgIpc) is 3.41. The Morgan fingerprint density at radius 1 is 1.38 bits per heavy atom. The Kier molecular flexibility index (Phi) is 4.72. The zero-order chi connectivity index (χ0) is 17.2. The highest BCUT2D eigenvalue weighted by atomic mass is 19.1. The van der Waals surface area contributed by atoms with Crippen LogP contribution in [-0.4, -0.2) is 44.2 Å². The van der Waals surface area contributed by atoms with Gasteiger partial charge in [0.2, 0.25) is 0 Å². The number of halogens is 1. The summed E-state index contributed by atoms with van der Waals surface area (Å²) in [6.45, 7) is 5.62. The van der Waals surface area contributed by atoms with Gasteiger partial charge in [-0.1, -0.05) is 0 Å². The van der Waals surface area contributed by atoms with Crippen molar-refractivity contribution < 1.29 is 14.1 Å². The SMILES string of the molecule is C[C@](C#N)(NC(=O)C[NH+]1CCN(c2ccc(F)cc2)CC1)C1CC1. The first-order chi connectivity index (χ1) is 11.5. The molecule has 2 aliphatic rings. The molecule has 2 N–H and O–H groups in total. The largest absolute Gasteiger partial charge is 0.360 e. The van der Waals surface area contributed by atoms with Gasteiger partial charge in [0.05, 0.1) is 32.2 Å². The zero-order valence-electron chi connectivity index (χ0n) is 14.0. The minimum absolute atomic E-state index is 0.0452. The first-order valence-electron chi connectivity index (χ1n) is 8.56. The van der Waals surface area contributed by atoms with E-state index >= 15 is 0 Å². The number of nitrogens with one attached hydrogen (secondary N) is 2. The molecule has 0 aromatic heterocycles. The fourth-order valence-electron chi connectivity index (χ4n) is 3.35. The van der Waals surface area contributed by atoms with Crippen LogP contribution >= 0.6 is 0 Å². The number of quaternary nitrogens is 1. The van der Waals surface area contributed by atoms with E-state index in [4.69, 9.17) is 0 Å². The van der Waals surface area contributed by atoms with E-state index in [1.165, 1.54) is 17.0 Å². The Labute approximate surface area is 142 Å². The van der Waals surface area contributed by atoms with Gasteiger partial charge in [0.1, 0.15) is 11.4 Å². The number of anilines is 1. The highest BCUT2D eigenvalue weighted by Gasteiger charge is 2.43. The van der Waals surface area contributed by atoms with Gasteiger partial charge in [-0.2, -0.15) is 5.26 Å². The second-order valence-corrected chi connectivity index (χ2v) is 7.03. The van der Waals surface area contributed by atoms with E-state index in [1.807, 2.05) is 6.92 Å². The predicted octanol–water partition coefficient (Wildman–Crippen LogP) is 0.339. The quantitative estimate of drug-likeness (QED) is 0.818. The third-order valence-electron chi connectivity index (χ3n) is 5.10. The maximum Gasteiger partial charge on any atom is 0.276 e. The van der Waals surface area contributed by atoms with Crippen molar-refractivity contribution in [3.63, 3.8) is 0 Å². The highest BCUT2D eigenvalue weighted by molar-refractivity contribution is 5.78. The normalized spacial score (nSPS) is 21.0. The van der Waals surface area contributed by atoms with Gasteiger partial charge in [-0.05, 0) is 49.9 Å². The molecule has 1 saturated carbocycles.